The van der Waals surface area contributed by atoms with Crippen molar-refractivity contribution < 1.29 is 14.7 Å². The molecule has 1 fully saturated rings. The van der Waals surface area contributed by atoms with Crippen LogP contribution in [0.2, 0.25) is 0 Å². The number of nitrogens with zero attached hydrogens (tertiary/aromatic N) is 6. The van der Waals surface area contributed by atoms with Gasteiger partial charge in [0, 0.05) is 41.7 Å². The lowest BCUT2D eigenvalue weighted by molar-refractivity contribution is -0.111. The molecule has 3 aromatic heterocycles. The van der Waals surface area contributed by atoms with E-state index in [-0.39, 0.29) is 23.9 Å². The molecule has 1 atom stereocenters. The molecule has 2 amide bonds. The lowest BCUT2D eigenvalue weighted by Gasteiger charge is -2.37. The molecule has 0 bridgehead atoms. The molecule has 1 aliphatic rings. The van der Waals surface area contributed by atoms with Gasteiger partial charge in [-0.2, -0.15) is 14.7 Å². The van der Waals surface area contributed by atoms with E-state index in [0.717, 1.165) is 41.9 Å². The van der Waals surface area contributed by atoms with Crippen LogP contribution in [0.25, 0.3) is 11.3 Å². The molecule has 12 heteroatoms. The lowest BCUT2D eigenvalue weighted by Crippen LogP contribution is -2.54. The first-order valence-electron chi connectivity index (χ1n) is 15.7. The second-order valence-electron chi connectivity index (χ2n) is 13.7. The van der Waals surface area contributed by atoms with Gasteiger partial charge < -0.3 is 21.1 Å². The van der Waals surface area contributed by atoms with Crippen LogP contribution in [0.3, 0.4) is 0 Å². The Morgan fingerprint density at radius 3 is 2.70 bits per heavy atom. The van der Waals surface area contributed by atoms with Crippen molar-refractivity contribution in [2.75, 3.05) is 23.3 Å². The average molecular weight is 628 g/mol. The number of hydrogen-bond acceptors (Lipinski definition) is 7. The van der Waals surface area contributed by atoms with Crippen LogP contribution in [0.4, 0.5) is 16.3 Å². The number of hydrogen-bond donors (Lipinski definition) is 4. The number of anilines is 2. The molecule has 4 N–H and O–H groups in total. The molecule has 4 heterocycles. The van der Waals surface area contributed by atoms with Gasteiger partial charge in [0.1, 0.15) is 5.82 Å². The molecule has 46 heavy (non-hydrogen) atoms. The molecule has 0 unspecified atom stereocenters. The monoisotopic (exact) mass is 627 g/mol. The highest BCUT2D eigenvalue weighted by Crippen LogP contribution is 2.31. The maximum atomic E-state index is 12.9. The first-order chi connectivity index (χ1) is 21.8. The third-order valence-electron chi connectivity index (χ3n) is 8.63. The summed E-state index contributed by atoms with van der Waals surface area (Å²) >= 11 is 0. The zero-order valence-corrected chi connectivity index (χ0v) is 27.5. The van der Waals surface area contributed by atoms with Gasteiger partial charge in [-0.3, -0.25) is 9.69 Å². The van der Waals surface area contributed by atoms with E-state index < -0.39 is 11.5 Å². The summed E-state index contributed by atoms with van der Waals surface area (Å²) in [4.78, 5) is 31.0. The van der Waals surface area contributed by atoms with Gasteiger partial charge >= 0.3 is 6.09 Å². The molecule has 1 saturated heterocycles. The summed E-state index contributed by atoms with van der Waals surface area (Å²) < 4.78 is 3.26. The van der Waals surface area contributed by atoms with Crippen LogP contribution in [0.1, 0.15) is 77.1 Å². The Kier molecular flexibility index (Phi) is 9.32. The highest BCUT2D eigenvalue weighted by Gasteiger charge is 2.31. The summed E-state index contributed by atoms with van der Waals surface area (Å²) in [6.45, 7) is 18.0. The zero-order chi connectivity index (χ0) is 33.2. The third-order valence-corrected chi connectivity index (χ3v) is 8.63. The Labute approximate surface area is 269 Å². The van der Waals surface area contributed by atoms with Gasteiger partial charge in [-0.1, -0.05) is 46.4 Å². The number of rotatable bonds is 11. The topological polar surface area (TPSA) is 142 Å². The van der Waals surface area contributed by atoms with Gasteiger partial charge in [-0.25, -0.2) is 14.5 Å². The average Bonchev–Trinajstić information content (AvgIpc) is 3.66. The standard InChI is InChI=1S/C34H45N9O3/c1-8-29(44)39-25-17-37-42(20-25)26-11-9-10-23(14-26)19-41(32(45)46)30-15-28(40-31-27(22(2)3)18-38-43(30)31)33(4,5)21-35-24-12-13-34(6,7)36-16-24/h8-11,14-15,17-18,20,22,24,35-36H,1,12-13,16,19,21H2,2-7H3,(H,39,44)(H,45,46)/t24-/m0/s1. The van der Waals surface area contributed by atoms with E-state index in [1.54, 1.807) is 27.8 Å². The fourth-order valence-corrected chi connectivity index (χ4v) is 5.65. The molecule has 0 spiro atoms. The summed E-state index contributed by atoms with van der Waals surface area (Å²) in [6, 6.07) is 9.67. The minimum Gasteiger partial charge on any atom is -0.465 e. The van der Waals surface area contributed by atoms with Crippen LogP contribution in [0.5, 0.6) is 0 Å². The van der Waals surface area contributed by atoms with Crippen molar-refractivity contribution in [3.63, 3.8) is 0 Å². The van der Waals surface area contributed by atoms with E-state index in [4.69, 9.17) is 4.98 Å². The Bertz CT molecular complexity index is 1730. The minimum atomic E-state index is -1.11. The van der Waals surface area contributed by atoms with Crippen LogP contribution in [0, 0.1) is 0 Å². The molecule has 0 radical (unpaired) electrons. The second kappa shape index (κ2) is 13.1. The van der Waals surface area contributed by atoms with Crippen molar-refractivity contribution in [3.8, 4) is 5.69 Å². The van der Waals surface area contributed by atoms with E-state index in [1.807, 2.05) is 30.3 Å². The highest BCUT2D eigenvalue weighted by molar-refractivity contribution is 5.98. The molecule has 0 saturated carbocycles. The number of nitrogens with one attached hydrogen (secondary N) is 3. The van der Waals surface area contributed by atoms with E-state index >= 15 is 0 Å². The number of piperidine rings is 1. The fraction of sp³-hybridized carbons (Fsp3) is 0.441. The highest BCUT2D eigenvalue weighted by atomic mass is 16.4. The van der Waals surface area contributed by atoms with Crippen molar-refractivity contribution in [2.24, 2.45) is 0 Å². The van der Waals surface area contributed by atoms with E-state index in [9.17, 15) is 14.7 Å². The van der Waals surface area contributed by atoms with E-state index in [2.05, 4.69) is 74.3 Å². The Morgan fingerprint density at radius 1 is 1.24 bits per heavy atom. The SMILES string of the molecule is C=CC(=O)Nc1cnn(-c2cccc(CN(C(=O)O)c3cc(C(C)(C)CN[C@H]4CCC(C)(C)NC4)nc4c(C(C)C)cnn34)c2)c1. The van der Waals surface area contributed by atoms with Gasteiger partial charge in [-0.05, 0) is 56.4 Å². The number of aromatic nitrogens is 5. The fourth-order valence-electron chi connectivity index (χ4n) is 5.65. The Hall–Kier alpha value is -4.55. The summed E-state index contributed by atoms with van der Waals surface area (Å²) in [6.07, 6.45) is 7.27. The molecule has 1 aliphatic heterocycles. The molecule has 12 nitrogen and oxygen atoms in total. The maximum absolute atomic E-state index is 12.9. The summed E-state index contributed by atoms with van der Waals surface area (Å²) in [7, 11) is 0. The predicted octanol–water partition coefficient (Wildman–Crippen LogP) is 5.25. The van der Waals surface area contributed by atoms with Crippen LogP contribution >= 0.6 is 0 Å². The molecule has 5 rings (SSSR count). The van der Waals surface area contributed by atoms with Gasteiger partial charge in [-0.15, -0.1) is 0 Å². The first kappa shape index (κ1) is 32.8. The molecule has 244 valence electrons. The van der Waals surface area contributed by atoms with Crippen LogP contribution in [0.15, 0.2) is 61.6 Å². The quantitative estimate of drug-likeness (QED) is 0.165. The number of amides is 2. The first-order valence-corrected chi connectivity index (χ1v) is 15.7. The van der Waals surface area contributed by atoms with Crippen molar-refractivity contribution >= 4 is 29.2 Å². The third kappa shape index (κ3) is 7.29. The predicted molar refractivity (Wildman–Crippen MR) is 180 cm³/mol. The number of benzene rings is 1. The summed E-state index contributed by atoms with van der Waals surface area (Å²) in [5.74, 6) is 0.241. The largest absolute Gasteiger partial charge is 0.465 e. The van der Waals surface area contributed by atoms with Crippen LogP contribution in [-0.2, 0) is 16.8 Å². The van der Waals surface area contributed by atoms with Gasteiger partial charge in [0.2, 0.25) is 5.91 Å². The van der Waals surface area contributed by atoms with Gasteiger partial charge in [0.15, 0.2) is 5.65 Å². The summed E-state index contributed by atoms with van der Waals surface area (Å²) in [5, 5.41) is 29.6. The van der Waals surface area contributed by atoms with Gasteiger partial charge in [0.25, 0.3) is 0 Å². The number of carboxylic acid groups (broad SMARTS) is 1. The Balaban J connectivity index is 1.46. The smallest absolute Gasteiger partial charge is 0.413 e. The van der Waals surface area contributed by atoms with Crippen molar-refractivity contribution in [3.05, 3.63) is 78.4 Å². The minimum absolute atomic E-state index is 0.0716. The van der Waals surface area contributed by atoms with Crippen molar-refractivity contribution in [1.82, 2.24) is 35.0 Å². The van der Waals surface area contributed by atoms with Crippen molar-refractivity contribution in [1.29, 1.82) is 0 Å². The number of carbonyl (C=O) groups is 2. The van der Waals surface area contributed by atoms with E-state index in [1.165, 1.54) is 11.0 Å². The molecule has 4 aromatic rings. The van der Waals surface area contributed by atoms with E-state index in [0.29, 0.717) is 29.7 Å². The molecule has 0 aliphatic carbocycles. The van der Waals surface area contributed by atoms with Gasteiger partial charge in [0.05, 0.1) is 42.2 Å². The lowest BCUT2D eigenvalue weighted by atomic mass is 9.86. The molecule has 1 aromatic carbocycles. The summed E-state index contributed by atoms with van der Waals surface area (Å²) in [5.41, 5.74) is 4.15. The second-order valence-corrected chi connectivity index (χ2v) is 13.7. The zero-order valence-electron chi connectivity index (χ0n) is 27.5. The normalized spacial score (nSPS) is 16.5. The molecular weight excluding hydrogens is 582 g/mol. The number of fused-ring (bicyclic) bond motifs is 1. The molecular formula is C34H45N9O3. The Morgan fingerprint density at radius 2 is 2.02 bits per heavy atom. The van der Waals surface area contributed by atoms with Crippen molar-refractivity contribution in [2.45, 2.75) is 83.8 Å². The van der Waals surface area contributed by atoms with Crippen LogP contribution < -0.4 is 20.9 Å². The maximum Gasteiger partial charge on any atom is 0.413 e. The van der Waals surface area contributed by atoms with Crippen LogP contribution in [-0.4, -0.2) is 66.2 Å². The number of carbonyl (C=O) groups excluding carboxylic acids is 1.